The number of aromatic nitrogens is 2. The third kappa shape index (κ3) is 4.51. The average Bonchev–Trinajstić information content (AvgIpc) is 2.93. The molecule has 1 atom stereocenters. The number of amides is 1. The van der Waals surface area contributed by atoms with Crippen LogP contribution in [-0.4, -0.2) is 21.5 Å². The largest absolute Gasteiger partial charge is 0.419 e. The fourth-order valence-corrected chi connectivity index (χ4v) is 2.28. The van der Waals surface area contributed by atoms with Gasteiger partial charge in [0.25, 0.3) is 9.68 Å². The minimum absolute atomic E-state index is 0.0223. The van der Waals surface area contributed by atoms with Crippen LogP contribution in [0.15, 0.2) is 28.7 Å². The molecule has 0 N–H and O–H groups in total. The second-order valence-corrected chi connectivity index (χ2v) is 7.76. The second-order valence-electron chi connectivity index (χ2n) is 4.83. The van der Waals surface area contributed by atoms with E-state index in [9.17, 15) is 4.79 Å². The zero-order valence-corrected chi connectivity index (χ0v) is 15.3. The van der Waals surface area contributed by atoms with Crippen LogP contribution in [0.5, 0.6) is 0 Å². The summed E-state index contributed by atoms with van der Waals surface area (Å²) in [6.07, 6.45) is 0. The number of benzene rings is 1. The molecule has 1 amide bonds. The van der Waals surface area contributed by atoms with Gasteiger partial charge < -0.3 is 9.32 Å². The lowest BCUT2D eigenvalue weighted by Gasteiger charge is -2.24. The summed E-state index contributed by atoms with van der Waals surface area (Å²) in [4.78, 5) is 13.9. The van der Waals surface area contributed by atoms with E-state index in [0.29, 0.717) is 5.69 Å². The maximum Gasteiger partial charge on any atom is 0.268 e. The molecule has 0 saturated heterocycles. The van der Waals surface area contributed by atoms with Gasteiger partial charge in [0.05, 0.1) is 0 Å². The van der Waals surface area contributed by atoms with Crippen molar-refractivity contribution in [1.29, 1.82) is 0 Å². The highest BCUT2D eigenvalue weighted by molar-refractivity contribution is 6.66. The number of hydrogen-bond acceptors (Lipinski definition) is 4. The molecule has 0 aliphatic rings. The smallest absolute Gasteiger partial charge is 0.268 e. The van der Waals surface area contributed by atoms with Crippen molar-refractivity contribution in [3.05, 3.63) is 41.6 Å². The molecule has 124 valence electrons. The molecule has 0 saturated carbocycles. The highest BCUT2D eigenvalue weighted by atomic mass is 35.6. The summed E-state index contributed by atoms with van der Waals surface area (Å²) in [5, 5.41) is 6.77. The summed E-state index contributed by atoms with van der Waals surface area (Å²) in [6.45, 7) is 3.50. The van der Waals surface area contributed by atoms with Gasteiger partial charge in [-0.25, -0.2) is 0 Å². The van der Waals surface area contributed by atoms with Gasteiger partial charge in [-0.05, 0) is 25.5 Å². The van der Waals surface area contributed by atoms with Gasteiger partial charge in [-0.15, -0.1) is 21.8 Å². The lowest BCUT2D eigenvalue weighted by Crippen LogP contribution is -2.35. The summed E-state index contributed by atoms with van der Waals surface area (Å²) in [5.74, 6) is -0.316. The van der Waals surface area contributed by atoms with Crippen LogP contribution in [0.4, 0.5) is 5.69 Å². The van der Waals surface area contributed by atoms with Crippen molar-refractivity contribution in [2.45, 2.75) is 29.6 Å². The van der Waals surface area contributed by atoms with Gasteiger partial charge in [0.2, 0.25) is 11.8 Å². The maximum absolute atomic E-state index is 12.4. The molecular weight excluding hydrogens is 384 g/mol. The number of carbonyl (C=O) groups excluding carboxylic acids is 1. The Bertz CT molecular complexity index is 697. The van der Waals surface area contributed by atoms with Crippen LogP contribution < -0.4 is 4.90 Å². The Balaban J connectivity index is 2.34. The second kappa shape index (κ2) is 7.26. The molecule has 23 heavy (non-hydrogen) atoms. The van der Waals surface area contributed by atoms with Crippen molar-refractivity contribution in [3.63, 3.8) is 0 Å². The van der Waals surface area contributed by atoms with Gasteiger partial charge in [0.1, 0.15) is 11.9 Å². The van der Waals surface area contributed by atoms with Crippen molar-refractivity contribution < 1.29 is 9.21 Å². The predicted octanol–water partition coefficient (Wildman–Crippen LogP) is 4.37. The first-order valence-electron chi connectivity index (χ1n) is 6.61. The van der Waals surface area contributed by atoms with Gasteiger partial charge in [-0.3, -0.25) is 4.79 Å². The topological polar surface area (TPSA) is 59.2 Å². The first-order valence-corrected chi connectivity index (χ1v) is 8.18. The van der Waals surface area contributed by atoms with E-state index in [1.807, 2.05) is 25.1 Å². The Morgan fingerprint density at radius 2 is 1.96 bits per heavy atom. The Labute approximate surface area is 153 Å². The molecule has 0 fully saturated rings. The van der Waals surface area contributed by atoms with E-state index in [4.69, 9.17) is 50.8 Å². The molecule has 9 heteroatoms. The van der Waals surface area contributed by atoms with Gasteiger partial charge in [-0.2, -0.15) is 0 Å². The molecule has 1 heterocycles. The summed E-state index contributed by atoms with van der Waals surface area (Å²) >= 11 is 23.0. The maximum atomic E-state index is 12.4. The van der Waals surface area contributed by atoms with Crippen LogP contribution in [0, 0.1) is 6.92 Å². The molecule has 0 spiro atoms. The Hall–Kier alpha value is -1.01. The van der Waals surface area contributed by atoms with E-state index in [1.165, 1.54) is 4.90 Å². The Morgan fingerprint density at radius 3 is 2.48 bits per heavy atom. The number of alkyl halides is 4. The van der Waals surface area contributed by atoms with E-state index in [2.05, 4.69) is 10.2 Å². The third-order valence-corrected chi connectivity index (χ3v) is 3.69. The fraction of sp³-hybridized carbons (Fsp3) is 0.357. The predicted molar refractivity (Wildman–Crippen MR) is 91.2 cm³/mol. The number of carbonyl (C=O) groups is 1. The van der Waals surface area contributed by atoms with E-state index in [-0.39, 0.29) is 24.2 Å². The summed E-state index contributed by atoms with van der Waals surface area (Å²) in [5.41, 5.74) is 1.60. The van der Waals surface area contributed by atoms with Crippen molar-refractivity contribution in [3.8, 4) is 0 Å². The highest BCUT2D eigenvalue weighted by Crippen LogP contribution is 2.37. The normalized spacial score (nSPS) is 13.0. The standard InChI is InChI=1S/C14H13Cl4N3O2/c1-8-5-3-4-6-10(8)21(12(22)9(2)15)7-11-19-20-13(23-11)14(16,17)18/h3-6,9H,7H2,1-2H3. The van der Waals surface area contributed by atoms with Crippen LogP contribution in [0.2, 0.25) is 0 Å². The van der Waals surface area contributed by atoms with Crippen molar-refractivity contribution in [1.82, 2.24) is 10.2 Å². The van der Waals surface area contributed by atoms with Gasteiger partial charge in [0.15, 0.2) is 0 Å². The summed E-state index contributed by atoms with van der Waals surface area (Å²) in [7, 11) is 0. The lowest BCUT2D eigenvalue weighted by molar-refractivity contribution is -0.118. The molecule has 1 aromatic carbocycles. The first-order chi connectivity index (χ1) is 10.7. The van der Waals surface area contributed by atoms with Gasteiger partial charge in [-0.1, -0.05) is 53.0 Å². The number of halogens is 4. The number of nitrogens with zero attached hydrogens (tertiary/aromatic N) is 3. The molecule has 0 radical (unpaired) electrons. The number of aryl methyl sites for hydroxylation is 1. The number of hydrogen-bond donors (Lipinski definition) is 0. The Morgan fingerprint density at radius 1 is 1.30 bits per heavy atom. The van der Waals surface area contributed by atoms with Gasteiger partial charge in [0, 0.05) is 5.69 Å². The molecule has 0 aliphatic carbocycles. The van der Waals surface area contributed by atoms with E-state index in [1.54, 1.807) is 13.0 Å². The quantitative estimate of drug-likeness (QED) is 0.720. The van der Waals surface area contributed by atoms with Crippen LogP contribution in [0.1, 0.15) is 24.3 Å². The fourth-order valence-electron chi connectivity index (χ4n) is 1.93. The van der Waals surface area contributed by atoms with Crippen molar-refractivity contribution in [2.24, 2.45) is 0 Å². The molecule has 5 nitrogen and oxygen atoms in total. The molecule has 1 aromatic heterocycles. The Kier molecular flexibility index (Phi) is 5.79. The van der Waals surface area contributed by atoms with Crippen LogP contribution >= 0.6 is 46.4 Å². The SMILES string of the molecule is Cc1ccccc1N(Cc1nnc(C(Cl)(Cl)Cl)o1)C(=O)C(C)Cl. The highest BCUT2D eigenvalue weighted by Gasteiger charge is 2.31. The first kappa shape index (κ1) is 18.3. The van der Waals surface area contributed by atoms with Gasteiger partial charge >= 0.3 is 0 Å². The van der Waals surface area contributed by atoms with E-state index in [0.717, 1.165) is 5.56 Å². The molecule has 0 bridgehead atoms. The van der Waals surface area contributed by atoms with Crippen molar-refractivity contribution >= 4 is 58.0 Å². The van der Waals surface area contributed by atoms with Crippen LogP contribution in [0.25, 0.3) is 0 Å². The summed E-state index contributed by atoms with van der Waals surface area (Å²) in [6, 6.07) is 7.38. The number of anilines is 1. The molecule has 0 aliphatic heterocycles. The van der Waals surface area contributed by atoms with E-state index < -0.39 is 9.17 Å². The molecule has 2 aromatic rings. The van der Waals surface area contributed by atoms with Crippen LogP contribution in [0.3, 0.4) is 0 Å². The molecule has 2 rings (SSSR count). The zero-order valence-electron chi connectivity index (χ0n) is 12.3. The van der Waals surface area contributed by atoms with Crippen molar-refractivity contribution in [2.75, 3.05) is 4.90 Å². The van der Waals surface area contributed by atoms with E-state index >= 15 is 0 Å². The minimum atomic E-state index is -1.82. The third-order valence-electron chi connectivity index (χ3n) is 3.02. The minimum Gasteiger partial charge on any atom is -0.419 e. The van der Waals surface area contributed by atoms with Crippen LogP contribution in [-0.2, 0) is 15.1 Å². The molecule has 1 unspecified atom stereocenters. The number of para-hydroxylation sites is 1. The summed E-state index contributed by atoms with van der Waals surface area (Å²) < 4.78 is 3.50. The number of rotatable bonds is 4. The monoisotopic (exact) mass is 395 g/mol. The zero-order chi connectivity index (χ0) is 17.2. The molecular formula is C14H13Cl4N3O2. The average molecular weight is 397 g/mol. The lowest BCUT2D eigenvalue weighted by atomic mass is 10.1.